The molecule has 0 spiro atoms. The fourth-order valence-corrected chi connectivity index (χ4v) is 3.33. The number of hydrogen-bond donors (Lipinski definition) is 1. The maximum Gasteiger partial charge on any atom is 0.407 e. The van der Waals surface area contributed by atoms with Crippen molar-refractivity contribution in [3.8, 4) is 5.75 Å². The quantitative estimate of drug-likeness (QED) is 0.682. The summed E-state index contributed by atoms with van der Waals surface area (Å²) in [6, 6.07) is 7.90. The van der Waals surface area contributed by atoms with Gasteiger partial charge in [-0.1, -0.05) is 25.5 Å². The number of alkyl carbamates (subject to hydrolysis) is 1. The Balaban J connectivity index is 1.64. The number of aromatic nitrogens is 1. The Labute approximate surface area is 166 Å². The summed E-state index contributed by atoms with van der Waals surface area (Å²) in [7, 11) is 0. The summed E-state index contributed by atoms with van der Waals surface area (Å²) < 4.78 is 16.8. The molecule has 3 rings (SSSR count). The third kappa shape index (κ3) is 5.35. The van der Waals surface area contributed by atoms with E-state index in [1.54, 1.807) is 0 Å². The molecule has 1 aromatic heterocycles. The number of para-hydroxylation sites is 1. The van der Waals surface area contributed by atoms with Crippen molar-refractivity contribution in [1.29, 1.82) is 0 Å². The number of nitrogens with one attached hydrogen (secondary N) is 1. The molecule has 6 heteroatoms. The summed E-state index contributed by atoms with van der Waals surface area (Å²) in [5.41, 5.74) is 2.50. The zero-order chi connectivity index (χ0) is 19.8. The number of nitrogens with zero attached hydrogens (tertiary/aromatic N) is 1. The number of carbonyl (C=O) groups excluding carboxylic acids is 1. The number of amides is 1. The maximum atomic E-state index is 12.1. The molecule has 0 radical (unpaired) electrons. The van der Waals surface area contributed by atoms with Crippen molar-refractivity contribution in [3.63, 3.8) is 0 Å². The van der Waals surface area contributed by atoms with Gasteiger partial charge in [-0.05, 0) is 44.2 Å². The van der Waals surface area contributed by atoms with Gasteiger partial charge in [-0.15, -0.1) is 0 Å². The number of pyridine rings is 1. The third-order valence-electron chi connectivity index (χ3n) is 5.14. The molecule has 1 amide bonds. The lowest BCUT2D eigenvalue weighted by Crippen LogP contribution is -2.32. The van der Waals surface area contributed by atoms with E-state index in [1.807, 2.05) is 31.2 Å². The molecule has 1 aliphatic heterocycles. The molecule has 0 aliphatic carbocycles. The number of ether oxygens (including phenoxy) is 3. The first-order valence-corrected chi connectivity index (χ1v) is 10.2. The van der Waals surface area contributed by atoms with Crippen LogP contribution in [0.5, 0.6) is 5.75 Å². The van der Waals surface area contributed by atoms with Crippen molar-refractivity contribution in [2.75, 3.05) is 26.4 Å². The highest BCUT2D eigenvalue weighted by atomic mass is 16.5. The van der Waals surface area contributed by atoms with E-state index in [1.165, 1.54) is 0 Å². The van der Waals surface area contributed by atoms with Crippen LogP contribution in [0.25, 0.3) is 10.9 Å². The highest BCUT2D eigenvalue weighted by Gasteiger charge is 2.17. The van der Waals surface area contributed by atoms with Crippen LogP contribution in [0.3, 0.4) is 0 Å². The van der Waals surface area contributed by atoms with E-state index < -0.39 is 6.09 Å². The Kier molecular flexibility index (Phi) is 7.48. The minimum Gasteiger partial charge on any atom is -0.493 e. The molecule has 2 heterocycles. The lowest BCUT2D eigenvalue weighted by Gasteiger charge is -2.22. The lowest BCUT2D eigenvalue weighted by atomic mass is 10.0. The Hall–Kier alpha value is -2.34. The molecular weight excluding hydrogens is 356 g/mol. The van der Waals surface area contributed by atoms with Gasteiger partial charge in [0.25, 0.3) is 0 Å². The molecule has 1 aliphatic rings. The highest BCUT2D eigenvalue weighted by molar-refractivity contribution is 5.86. The van der Waals surface area contributed by atoms with E-state index in [0.29, 0.717) is 19.1 Å². The topological polar surface area (TPSA) is 69.7 Å². The summed E-state index contributed by atoms with van der Waals surface area (Å²) in [5.74, 6) is 1.29. The van der Waals surface area contributed by atoms with E-state index in [0.717, 1.165) is 66.8 Å². The molecule has 6 nitrogen and oxygen atoms in total. The van der Waals surface area contributed by atoms with Crippen molar-refractivity contribution in [1.82, 2.24) is 10.3 Å². The van der Waals surface area contributed by atoms with Crippen LogP contribution in [0.15, 0.2) is 24.3 Å². The number of carbonyl (C=O) groups is 1. The molecule has 1 aromatic carbocycles. The summed E-state index contributed by atoms with van der Waals surface area (Å²) >= 11 is 0. The second-order valence-electron chi connectivity index (χ2n) is 7.24. The number of hydrogen-bond acceptors (Lipinski definition) is 5. The van der Waals surface area contributed by atoms with Crippen LogP contribution in [0.4, 0.5) is 4.79 Å². The molecule has 0 bridgehead atoms. The molecule has 0 atom stereocenters. The van der Waals surface area contributed by atoms with Crippen molar-refractivity contribution in [3.05, 3.63) is 35.5 Å². The van der Waals surface area contributed by atoms with Crippen molar-refractivity contribution in [2.45, 2.75) is 46.1 Å². The Bertz CT molecular complexity index is 787. The normalized spacial score (nSPS) is 14.8. The van der Waals surface area contributed by atoms with Crippen LogP contribution < -0.4 is 10.1 Å². The molecular formula is C22H30N2O4. The van der Waals surface area contributed by atoms with Gasteiger partial charge in [0, 0.05) is 30.7 Å². The van der Waals surface area contributed by atoms with Crippen LogP contribution in [-0.2, 0) is 16.1 Å². The van der Waals surface area contributed by atoms with Crippen LogP contribution >= 0.6 is 0 Å². The third-order valence-corrected chi connectivity index (χ3v) is 5.14. The molecule has 1 saturated heterocycles. The summed E-state index contributed by atoms with van der Waals surface area (Å²) in [6.07, 6.45) is 3.62. The first kappa shape index (κ1) is 20.4. The van der Waals surface area contributed by atoms with Crippen LogP contribution in [0.2, 0.25) is 0 Å². The second-order valence-corrected chi connectivity index (χ2v) is 7.24. The predicted molar refractivity (Wildman–Crippen MR) is 109 cm³/mol. The molecule has 1 N–H and O–H groups in total. The molecule has 1 fully saturated rings. The fraction of sp³-hybridized carbons (Fsp3) is 0.545. The molecule has 2 aromatic rings. The monoisotopic (exact) mass is 386 g/mol. The van der Waals surface area contributed by atoms with Crippen LogP contribution in [0, 0.1) is 12.8 Å². The van der Waals surface area contributed by atoms with E-state index >= 15 is 0 Å². The van der Waals surface area contributed by atoms with Gasteiger partial charge in [0.05, 0.1) is 17.8 Å². The van der Waals surface area contributed by atoms with Gasteiger partial charge in [-0.2, -0.15) is 0 Å². The smallest absolute Gasteiger partial charge is 0.407 e. The minimum atomic E-state index is -0.408. The standard InChI is InChI=1S/C22H30N2O4/c1-3-4-11-27-21-16(2)20(24-19-8-6-5-7-18(19)21)15-28-22(25)23-14-17-9-12-26-13-10-17/h5-8,17H,3-4,9-15H2,1-2H3,(H,23,25). The summed E-state index contributed by atoms with van der Waals surface area (Å²) in [5, 5.41) is 3.85. The number of benzene rings is 1. The van der Waals surface area contributed by atoms with Gasteiger partial charge in [0.2, 0.25) is 0 Å². The SMILES string of the molecule is CCCCOc1c(C)c(COC(=O)NCC2CCOCC2)nc2ccccc12. The van der Waals surface area contributed by atoms with E-state index in [-0.39, 0.29) is 6.61 Å². The Morgan fingerprint density at radius 3 is 2.86 bits per heavy atom. The van der Waals surface area contributed by atoms with Gasteiger partial charge < -0.3 is 19.5 Å². The van der Waals surface area contributed by atoms with Crippen molar-refractivity contribution >= 4 is 17.0 Å². The first-order valence-electron chi connectivity index (χ1n) is 10.2. The number of unbranched alkanes of at least 4 members (excludes halogenated alkanes) is 1. The van der Waals surface area contributed by atoms with Crippen LogP contribution in [0.1, 0.15) is 43.9 Å². The van der Waals surface area contributed by atoms with Gasteiger partial charge in [0.15, 0.2) is 0 Å². The molecule has 28 heavy (non-hydrogen) atoms. The first-order chi connectivity index (χ1) is 13.7. The van der Waals surface area contributed by atoms with Crippen molar-refractivity contribution < 1.29 is 19.0 Å². The molecule has 0 saturated carbocycles. The number of rotatable bonds is 8. The summed E-state index contributed by atoms with van der Waals surface area (Å²) in [4.78, 5) is 16.8. The van der Waals surface area contributed by atoms with Crippen LogP contribution in [-0.4, -0.2) is 37.4 Å². The number of fused-ring (bicyclic) bond motifs is 1. The van der Waals surface area contributed by atoms with E-state index in [4.69, 9.17) is 14.2 Å². The zero-order valence-corrected chi connectivity index (χ0v) is 16.8. The van der Waals surface area contributed by atoms with Gasteiger partial charge in [-0.25, -0.2) is 9.78 Å². The Morgan fingerprint density at radius 1 is 1.29 bits per heavy atom. The summed E-state index contributed by atoms with van der Waals surface area (Å²) in [6.45, 7) is 7.05. The van der Waals surface area contributed by atoms with E-state index in [2.05, 4.69) is 17.2 Å². The van der Waals surface area contributed by atoms with Crippen molar-refractivity contribution in [2.24, 2.45) is 5.92 Å². The van der Waals surface area contributed by atoms with Gasteiger partial charge in [0.1, 0.15) is 12.4 Å². The average Bonchev–Trinajstić information content (AvgIpc) is 2.73. The predicted octanol–water partition coefficient (Wildman–Crippen LogP) is 4.37. The molecule has 152 valence electrons. The lowest BCUT2D eigenvalue weighted by molar-refractivity contribution is 0.0648. The van der Waals surface area contributed by atoms with Gasteiger partial charge >= 0.3 is 6.09 Å². The fourth-order valence-electron chi connectivity index (χ4n) is 3.33. The highest BCUT2D eigenvalue weighted by Crippen LogP contribution is 2.31. The van der Waals surface area contributed by atoms with Gasteiger partial charge in [-0.3, -0.25) is 0 Å². The van der Waals surface area contributed by atoms with E-state index in [9.17, 15) is 4.79 Å². The molecule has 0 unspecified atom stereocenters. The minimum absolute atomic E-state index is 0.125. The second kappa shape index (κ2) is 10.3. The average molecular weight is 386 g/mol. The largest absolute Gasteiger partial charge is 0.493 e. The zero-order valence-electron chi connectivity index (χ0n) is 16.8. The Morgan fingerprint density at radius 2 is 2.07 bits per heavy atom. The maximum absolute atomic E-state index is 12.1.